The van der Waals surface area contributed by atoms with Gasteiger partial charge in [-0.2, -0.15) is 0 Å². The third kappa shape index (κ3) is 5.51. The van der Waals surface area contributed by atoms with Crippen LogP contribution >= 0.6 is 0 Å². The van der Waals surface area contributed by atoms with Crippen LogP contribution in [0.15, 0.2) is 91.5 Å². The van der Waals surface area contributed by atoms with Crippen LogP contribution in [-0.2, 0) is 4.79 Å². The predicted molar refractivity (Wildman–Crippen MR) is 156 cm³/mol. The molecule has 2 atom stereocenters. The molecule has 40 heavy (non-hydrogen) atoms. The summed E-state index contributed by atoms with van der Waals surface area (Å²) >= 11 is 0. The number of amides is 2. The normalized spacial score (nSPS) is 16.1. The quantitative estimate of drug-likeness (QED) is 0.285. The van der Waals surface area contributed by atoms with E-state index in [1.54, 1.807) is 50.8 Å². The van der Waals surface area contributed by atoms with Gasteiger partial charge in [0.25, 0.3) is 5.91 Å². The van der Waals surface area contributed by atoms with Crippen LogP contribution in [-0.4, -0.2) is 33.9 Å². The molecule has 2 amide bonds. The SMILES string of the molecule is C/C=C/C(=O)Nc1cccc(C2c3ncncc3C=C(c3ccc(C(=O)Nc4ccccn4)c(OC)c3)C2C)c1. The minimum Gasteiger partial charge on any atom is -0.496 e. The van der Waals surface area contributed by atoms with Crippen LogP contribution < -0.4 is 15.4 Å². The number of pyridine rings is 1. The summed E-state index contributed by atoms with van der Waals surface area (Å²) in [6.07, 6.45) is 10.3. The van der Waals surface area contributed by atoms with E-state index in [1.807, 2.05) is 48.7 Å². The Balaban J connectivity index is 1.50. The zero-order valence-corrected chi connectivity index (χ0v) is 22.5. The number of allylic oxidation sites excluding steroid dienone is 2. The second-order valence-electron chi connectivity index (χ2n) is 9.43. The topological polar surface area (TPSA) is 106 Å². The van der Waals surface area contributed by atoms with Crippen LogP contribution in [0.4, 0.5) is 11.5 Å². The molecule has 2 N–H and O–H groups in total. The van der Waals surface area contributed by atoms with Crippen molar-refractivity contribution < 1.29 is 14.3 Å². The van der Waals surface area contributed by atoms with Crippen LogP contribution in [0.25, 0.3) is 11.6 Å². The van der Waals surface area contributed by atoms with Crippen molar-refractivity contribution in [1.82, 2.24) is 15.0 Å². The molecule has 0 spiro atoms. The molecule has 2 heterocycles. The Morgan fingerprint density at radius 2 is 1.88 bits per heavy atom. The highest BCUT2D eigenvalue weighted by Crippen LogP contribution is 2.46. The number of aromatic nitrogens is 3. The lowest BCUT2D eigenvalue weighted by molar-refractivity contribution is -0.111. The second-order valence-corrected chi connectivity index (χ2v) is 9.43. The molecule has 0 bridgehead atoms. The highest BCUT2D eigenvalue weighted by atomic mass is 16.5. The van der Waals surface area contributed by atoms with E-state index in [-0.39, 0.29) is 23.7 Å². The number of rotatable bonds is 7. The highest BCUT2D eigenvalue weighted by molar-refractivity contribution is 6.06. The Morgan fingerprint density at radius 1 is 1.00 bits per heavy atom. The van der Waals surface area contributed by atoms with E-state index in [0.29, 0.717) is 22.8 Å². The summed E-state index contributed by atoms with van der Waals surface area (Å²) in [5.41, 5.74) is 5.97. The van der Waals surface area contributed by atoms with Crippen LogP contribution in [0.1, 0.15) is 52.5 Å². The van der Waals surface area contributed by atoms with Crippen LogP contribution in [0, 0.1) is 5.92 Å². The lowest BCUT2D eigenvalue weighted by atomic mass is 9.73. The molecule has 0 aliphatic heterocycles. The Kier molecular flexibility index (Phi) is 7.77. The third-order valence-corrected chi connectivity index (χ3v) is 6.89. The summed E-state index contributed by atoms with van der Waals surface area (Å²) in [4.78, 5) is 38.2. The minimum absolute atomic E-state index is 0.0155. The summed E-state index contributed by atoms with van der Waals surface area (Å²) in [5, 5.41) is 5.73. The van der Waals surface area contributed by atoms with Gasteiger partial charge in [0.1, 0.15) is 17.9 Å². The first-order valence-electron chi connectivity index (χ1n) is 12.9. The fourth-order valence-electron chi connectivity index (χ4n) is 5.05. The molecule has 0 saturated heterocycles. The molecule has 1 aliphatic carbocycles. The largest absolute Gasteiger partial charge is 0.496 e. The summed E-state index contributed by atoms with van der Waals surface area (Å²) in [6, 6.07) is 18.8. The molecular weight excluding hydrogens is 502 g/mol. The molecule has 0 saturated carbocycles. The smallest absolute Gasteiger partial charge is 0.260 e. The molecule has 2 unspecified atom stereocenters. The van der Waals surface area contributed by atoms with Crippen molar-refractivity contribution in [3.05, 3.63) is 119 Å². The Labute approximate surface area is 232 Å². The van der Waals surface area contributed by atoms with Gasteiger partial charge in [-0.05, 0) is 78.1 Å². The summed E-state index contributed by atoms with van der Waals surface area (Å²) < 4.78 is 5.65. The van der Waals surface area contributed by atoms with Gasteiger partial charge in [0.2, 0.25) is 5.91 Å². The van der Waals surface area contributed by atoms with Crippen molar-refractivity contribution in [3.8, 4) is 5.75 Å². The molecule has 8 heteroatoms. The number of nitrogens with one attached hydrogen (secondary N) is 2. The molecule has 4 aromatic rings. The average Bonchev–Trinajstić information content (AvgIpc) is 2.97. The zero-order valence-electron chi connectivity index (χ0n) is 22.5. The number of benzene rings is 2. The fourth-order valence-corrected chi connectivity index (χ4v) is 5.05. The molecule has 0 radical (unpaired) electrons. The van der Waals surface area contributed by atoms with E-state index in [1.165, 1.54) is 6.08 Å². The van der Waals surface area contributed by atoms with Gasteiger partial charge < -0.3 is 15.4 Å². The summed E-state index contributed by atoms with van der Waals surface area (Å²) in [6.45, 7) is 3.96. The molecule has 2 aromatic heterocycles. The molecule has 5 rings (SSSR count). The standard InChI is InChI=1S/C32H29N5O3/c1-4-8-29(38)36-24-10-7-9-22(15-24)30-20(2)26(16-23-18-33-19-35-31(23)30)21-12-13-25(27(17-21)40-3)32(39)37-28-11-5-6-14-34-28/h4-20,30H,1-3H3,(H,36,38)(H,34,37,39)/b8-4+. The fraction of sp³-hybridized carbons (Fsp3) is 0.156. The molecule has 200 valence electrons. The summed E-state index contributed by atoms with van der Waals surface area (Å²) in [7, 11) is 1.55. The number of hydrogen-bond acceptors (Lipinski definition) is 6. The minimum atomic E-state index is -0.304. The van der Waals surface area contributed by atoms with E-state index in [0.717, 1.165) is 28.0 Å². The van der Waals surface area contributed by atoms with Crippen molar-refractivity contribution in [2.75, 3.05) is 17.7 Å². The number of nitrogens with zero attached hydrogens (tertiary/aromatic N) is 3. The number of ether oxygens (including phenoxy) is 1. The van der Waals surface area contributed by atoms with E-state index in [4.69, 9.17) is 4.74 Å². The molecule has 2 aromatic carbocycles. The van der Waals surface area contributed by atoms with Gasteiger partial charge in [0.15, 0.2) is 0 Å². The van der Waals surface area contributed by atoms with E-state index >= 15 is 0 Å². The van der Waals surface area contributed by atoms with E-state index < -0.39 is 0 Å². The van der Waals surface area contributed by atoms with Crippen molar-refractivity contribution in [3.63, 3.8) is 0 Å². The number of carbonyl (C=O) groups excluding carboxylic acids is 2. The van der Waals surface area contributed by atoms with Crippen LogP contribution in [0.2, 0.25) is 0 Å². The maximum absolute atomic E-state index is 13.0. The lowest BCUT2D eigenvalue weighted by Crippen LogP contribution is -2.20. The maximum Gasteiger partial charge on any atom is 0.260 e. The first-order chi connectivity index (χ1) is 19.5. The molecule has 0 fully saturated rings. The first-order valence-corrected chi connectivity index (χ1v) is 12.9. The Bertz CT molecular complexity index is 1610. The second kappa shape index (κ2) is 11.7. The Hall–Kier alpha value is -5.11. The van der Waals surface area contributed by atoms with Crippen molar-refractivity contribution in [1.29, 1.82) is 0 Å². The number of carbonyl (C=O) groups is 2. The average molecular weight is 532 g/mol. The van der Waals surface area contributed by atoms with Crippen molar-refractivity contribution in [2.24, 2.45) is 5.92 Å². The van der Waals surface area contributed by atoms with Crippen LogP contribution in [0.3, 0.4) is 0 Å². The number of anilines is 2. The maximum atomic E-state index is 13.0. The van der Waals surface area contributed by atoms with Gasteiger partial charge in [-0.15, -0.1) is 0 Å². The van der Waals surface area contributed by atoms with Gasteiger partial charge in [-0.25, -0.2) is 15.0 Å². The van der Waals surface area contributed by atoms with Gasteiger partial charge >= 0.3 is 0 Å². The van der Waals surface area contributed by atoms with Crippen molar-refractivity contribution >= 4 is 35.0 Å². The zero-order chi connectivity index (χ0) is 28.1. The lowest BCUT2D eigenvalue weighted by Gasteiger charge is -2.32. The first kappa shape index (κ1) is 26.5. The highest BCUT2D eigenvalue weighted by Gasteiger charge is 2.32. The van der Waals surface area contributed by atoms with E-state index in [9.17, 15) is 9.59 Å². The molecular formula is C32H29N5O3. The number of fused-ring (bicyclic) bond motifs is 1. The van der Waals surface area contributed by atoms with Gasteiger partial charge in [-0.1, -0.05) is 37.3 Å². The van der Waals surface area contributed by atoms with Crippen molar-refractivity contribution in [2.45, 2.75) is 19.8 Å². The number of methoxy groups -OCH3 is 1. The van der Waals surface area contributed by atoms with E-state index in [2.05, 4.69) is 38.6 Å². The number of hydrogen-bond donors (Lipinski definition) is 2. The molecule has 1 aliphatic rings. The monoisotopic (exact) mass is 531 g/mol. The Morgan fingerprint density at radius 3 is 2.65 bits per heavy atom. The van der Waals surface area contributed by atoms with Gasteiger partial charge in [-0.3, -0.25) is 9.59 Å². The molecule has 8 nitrogen and oxygen atoms in total. The van der Waals surface area contributed by atoms with Crippen LogP contribution in [0.5, 0.6) is 5.75 Å². The third-order valence-electron chi connectivity index (χ3n) is 6.89. The van der Waals surface area contributed by atoms with Gasteiger partial charge in [0.05, 0.1) is 18.4 Å². The predicted octanol–water partition coefficient (Wildman–Crippen LogP) is 5.97. The summed E-state index contributed by atoms with van der Waals surface area (Å²) in [5.74, 6) is 0.363. The van der Waals surface area contributed by atoms with Gasteiger partial charge in [0, 0.05) is 29.6 Å².